The second-order valence-electron chi connectivity index (χ2n) is 4.85. The standard InChI is InChI=1S/C14H16N2O5/c1-16-7-9-5-8(14(19)20)3-4-10(9)15-11(13(16)18)6-12(17)21-2/h3-5,11,15H,6-7H2,1-2H3,(H,19,20)/t11-/m1/s1. The lowest BCUT2D eigenvalue weighted by Gasteiger charge is -2.19. The van der Waals surface area contributed by atoms with E-state index in [0.29, 0.717) is 11.3 Å². The minimum atomic E-state index is -1.03. The van der Waals surface area contributed by atoms with Crippen molar-refractivity contribution < 1.29 is 24.2 Å². The van der Waals surface area contributed by atoms with Crippen LogP contribution in [0, 0.1) is 0 Å². The van der Waals surface area contributed by atoms with E-state index in [1.54, 1.807) is 13.1 Å². The summed E-state index contributed by atoms with van der Waals surface area (Å²) in [7, 11) is 2.87. The number of anilines is 1. The Balaban J connectivity index is 2.33. The van der Waals surface area contributed by atoms with Crippen molar-refractivity contribution in [3.8, 4) is 0 Å². The number of benzene rings is 1. The number of nitrogens with one attached hydrogen (secondary N) is 1. The normalized spacial score (nSPS) is 17.5. The van der Waals surface area contributed by atoms with Gasteiger partial charge in [0.1, 0.15) is 6.04 Å². The van der Waals surface area contributed by atoms with Crippen molar-refractivity contribution in [3.63, 3.8) is 0 Å². The zero-order valence-corrected chi connectivity index (χ0v) is 11.8. The average molecular weight is 292 g/mol. The van der Waals surface area contributed by atoms with Crippen LogP contribution in [0.3, 0.4) is 0 Å². The second-order valence-corrected chi connectivity index (χ2v) is 4.85. The molecule has 0 unspecified atom stereocenters. The Morgan fingerprint density at radius 2 is 2.19 bits per heavy atom. The fourth-order valence-electron chi connectivity index (χ4n) is 2.24. The number of fused-ring (bicyclic) bond motifs is 1. The third kappa shape index (κ3) is 3.13. The number of methoxy groups -OCH3 is 1. The molecule has 7 heteroatoms. The van der Waals surface area contributed by atoms with Gasteiger partial charge >= 0.3 is 11.9 Å². The van der Waals surface area contributed by atoms with E-state index >= 15 is 0 Å². The minimum absolute atomic E-state index is 0.0835. The Morgan fingerprint density at radius 1 is 1.48 bits per heavy atom. The lowest BCUT2D eigenvalue weighted by Crippen LogP contribution is -2.39. The van der Waals surface area contributed by atoms with E-state index in [2.05, 4.69) is 10.1 Å². The molecule has 2 rings (SSSR count). The molecule has 0 spiro atoms. The number of hydrogen-bond donors (Lipinski definition) is 2. The first-order valence-electron chi connectivity index (χ1n) is 6.37. The van der Waals surface area contributed by atoms with Crippen molar-refractivity contribution in [3.05, 3.63) is 29.3 Å². The van der Waals surface area contributed by atoms with Gasteiger partial charge in [-0.25, -0.2) is 4.79 Å². The van der Waals surface area contributed by atoms with Gasteiger partial charge in [0, 0.05) is 19.3 Å². The van der Waals surface area contributed by atoms with Gasteiger partial charge in [-0.2, -0.15) is 0 Å². The maximum atomic E-state index is 12.2. The summed E-state index contributed by atoms with van der Waals surface area (Å²) in [5.74, 6) is -1.75. The molecule has 1 amide bonds. The third-order valence-electron chi connectivity index (χ3n) is 3.36. The highest BCUT2D eigenvalue weighted by Crippen LogP contribution is 2.24. The summed E-state index contributed by atoms with van der Waals surface area (Å²) in [6.45, 7) is 0.278. The van der Waals surface area contributed by atoms with Gasteiger partial charge in [0.05, 0.1) is 19.1 Å². The van der Waals surface area contributed by atoms with Gasteiger partial charge in [0.15, 0.2) is 0 Å². The van der Waals surface area contributed by atoms with Crippen LogP contribution in [0.2, 0.25) is 0 Å². The molecule has 0 saturated carbocycles. The van der Waals surface area contributed by atoms with Gasteiger partial charge in [0.2, 0.25) is 5.91 Å². The van der Waals surface area contributed by atoms with Crippen molar-refractivity contribution in [2.24, 2.45) is 0 Å². The molecule has 1 aliphatic rings. The van der Waals surface area contributed by atoms with Crippen LogP contribution in [0.5, 0.6) is 0 Å². The number of esters is 1. The zero-order valence-electron chi connectivity index (χ0n) is 11.8. The molecule has 0 radical (unpaired) electrons. The zero-order chi connectivity index (χ0) is 15.6. The third-order valence-corrected chi connectivity index (χ3v) is 3.36. The molecule has 21 heavy (non-hydrogen) atoms. The largest absolute Gasteiger partial charge is 0.478 e. The van der Waals surface area contributed by atoms with Crippen molar-refractivity contribution >= 4 is 23.5 Å². The Labute approximate surface area is 121 Å². The monoisotopic (exact) mass is 292 g/mol. The highest BCUT2D eigenvalue weighted by Gasteiger charge is 2.29. The van der Waals surface area contributed by atoms with E-state index in [0.717, 1.165) is 0 Å². The maximum absolute atomic E-state index is 12.2. The van der Waals surface area contributed by atoms with Gasteiger partial charge in [-0.3, -0.25) is 9.59 Å². The number of carboxylic acid groups (broad SMARTS) is 1. The van der Waals surface area contributed by atoms with Crippen LogP contribution in [-0.4, -0.2) is 48.1 Å². The van der Waals surface area contributed by atoms with Gasteiger partial charge in [0.25, 0.3) is 0 Å². The number of carbonyl (C=O) groups is 3. The number of ether oxygens (including phenoxy) is 1. The number of nitrogens with zero attached hydrogens (tertiary/aromatic N) is 1. The first-order chi connectivity index (χ1) is 9.92. The van der Waals surface area contributed by atoms with E-state index in [1.165, 1.54) is 24.1 Å². The molecule has 1 heterocycles. The second kappa shape index (κ2) is 5.82. The molecule has 0 saturated heterocycles. The summed E-state index contributed by atoms with van der Waals surface area (Å²) in [6.07, 6.45) is -0.0835. The number of amides is 1. The van der Waals surface area contributed by atoms with Gasteiger partial charge in [-0.15, -0.1) is 0 Å². The van der Waals surface area contributed by atoms with Crippen molar-refractivity contribution in [2.75, 3.05) is 19.5 Å². The van der Waals surface area contributed by atoms with Crippen LogP contribution in [0.4, 0.5) is 5.69 Å². The van der Waals surface area contributed by atoms with Crippen LogP contribution in [-0.2, 0) is 20.9 Å². The molecule has 2 N–H and O–H groups in total. The number of rotatable bonds is 3. The molecular weight excluding hydrogens is 276 g/mol. The highest BCUT2D eigenvalue weighted by atomic mass is 16.5. The predicted molar refractivity (Wildman–Crippen MR) is 73.9 cm³/mol. The smallest absolute Gasteiger partial charge is 0.335 e. The summed E-state index contributed by atoms with van der Waals surface area (Å²) >= 11 is 0. The molecule has 1 aromatic rings. The molecule has 1 aliphatic heterocycles. The lowest BCUT2D eigenvalue weighted by atomic mass is 10.1. The Hall–Kier alpha value is -2.57. The van der Waals surface area contributed by atoms with E-state index < -0.39 is 18.0 Å². The van der Waals surface area contributed by atoms with Crippen LogP contribution in [0.1, 0.15) is 22.3 Å². The molecule has 112 valence electrons. The summed E-state index contributed by atoms with van der Waals surface area (Å²) in [4.78, 5) is 36.1. The number of hydrogen-bond acceptors (Lipinski definition) is 5. The quantitative estimate of drug-likeness (QED) is 0.796. The summed E-state index contributed by atoms with van der Waals surface area (Å²) < 4.78 is 4.59. The summed E-state index contributed by atoms with van der Waals surface area (Å²) in [5.41, 5.74) is 1.49. The van der Waals surface area contributed by atoms with Crippen molar-refractivity contribution in [1.29, 1.82) is 0 Å². The molecule has 0 fully saturated rings. The van der Waals surface area contributed by atoms with E-state index in [-0.39, 0.29) is 24.4 Å². The molecule has 0 aromatic heterocycles. The van der Waals surface area contributed by atoms with Crippen LogP contribution in [0.15, 0.2) is 18.2 Å². The van der Waals surface area contributed by atoms with Gasteiger partial charge in [-0.1, -0.05) is 0 Å². The molecule has 0 aliphatic carbocycles. The lowest BCUT2D eigenvalue weighted by molar-refractivity contribution is -0.143. The minimum Gasteiger partial charge on any atom is -0.478 e. The molecule has 1 aromatic carbocycles. The first-order valence-corrected chi connectivity index (χ1v) is 6.37. The fraction of sp³-hybridized carbons (Fsp3) is 0.357. The topological polar surface area (TPSA) is 95.9 Å². The summed E-state index contributed by atoms with van der Waals surface area (Å²) in [5, 5.41) is 12.0. The average Bonchev–Trinajstić information content (AvgIpc) is 2.56. The van der Waals surface area contributed by atoms with E-state index in [1.807, 2.05) is 0 Å². The molecule has 0 bridgehead atoms. The highest BCUT2D eigenvalue weighted by molar-refractivity contribution is 5.92. The van der Waals surface area contributed by atoms with Crippen molar-refractivity contribution in [2.45, 2.75) is 19.0 Å². The maximum Gasteiger partial charge on any atom is 0.335 e. The number of carbonyl (C=O) groups excluding carboxylic acids is 2. The van der Waals surface area contributed by atoms with Crippen molar-refractivity contribution in [1.82, 2.24) is 4.90 Å². The SMILES string of the molecule is COC(=O)C[C@H]1Nc2ccc(C(=O)O)cc2CN(C)C1=O. The van der Waals surface area contributed by atoms with Crippen LogP contribution < -0.4 is 5.32 Å². The van der Waals surface area contributed by atoms with E-state index in [9.17, 15) is 14.4 Å². The number of carboxylic acids is 1. The molecule has 7 nitrogen and oxygen atoms in total. The van der Waals surface area contributed by atoms with Gasteiger partial charge < -0.3 is 20.1 Å². The first kappa shape index (κ1) is 14.8. The molecular formula is C14H16N2O5. The summed E-state index contributed by atoms with van der Waals surface area (Å²) in [6, 6.07) is 3.86. The Morgan fingerprint density at radius 3 is 2.81 bits per heavy atom. The number of likely N-dealkylation sites (N-methyl/N-ethyl adjacent to an activating group) is 1. The number of aromatic carboxylic acids is 1. The Bertz CT molecular complexity index is 599. The van der Waals surface area contributed by atoms with Gasteiger partial charge in [-0.05, 0) is 23.8 Å². The Kier molecular flexibility index (Phi) is 4.11. The molecule has 1 atom stereocenters. The fourth-order valence-corrected chi connectivity index (χ4v) is 2.24. The van der Waals surface area contributed by atoms with Crippen LogP contribution in [0.25, 0.3) is 0 Å². The predicted octanol–water partition coefficient (Wildman–Crippen LogP) is 0.700. The van der Waals surface area contributed by atoms with E-state index in [4.69, 9.17) is 5.11 Å². The van der Waals surface area contributed by atoms with Crippen LogP contribution >= 0.6 is 0 Å².